The molecule has 8 heteroatoms. The van der Waals surface area contributed by atoms with Crippen LogP contribution in [0, 0.1) is 31.1 Å². The summed E-state index contributed by atoms with van der Waals surface area (Å²) in [5.41, 5.74) is 1.67. The van der Waals surface area contributed by atoms with Gasteiger partial charge in [0, 0.05) is 18.5 Å². The van der Waals surface area contributed by atoms with Crippen molar-refractivity contribution in [2.75, 3.05) is 0 Å². The van der Waals surface area contributed by atoms with Gasteiger partial charge in [-0.15, -0.1) is 0 Å². The quantitative estimate of drug-likeness (QED) is 0.752. The molecular weight excluding hydrogens is 336 g/mol. The predicted octanol–water partition coefficient (Wildman–Crippen LogP) is 2.12. The van der Waals surface area contributed by atoms with E-state index in [0.717, 1.165) is 5.56 Å². The van der Waals surface area contributed by atoms with Crippen molar-refractivity contribution in [3.8, 4) is 6.07 Å². The van der Waals surface area contributed by atoms with Gasteiger partial charge in [0.15, 0.2) is 12.4 Å². The first kappa shape index (κ1) is 19.4. The highest BCUT2D eigenvalue weighted by molar-refractivity contribution is 5.69. The molecule has 0 aliphatic rings. The van der Waals surface area contributed by atoms with Gasteiger partial charge in [-0.1, -0.05) is 19.0 Å². The van der Waals surface area contributed by atoms with Gasteiger partial charge in [0.2, 0.25) is 0 Å². The summed E-state index contributed by atoms with van der Waals surface area (Å²) in [4.78, 5) is 30.5. The number of nitriles is 1. The summed E-state index contributed by atoms with van der Waals surface area (Å²) in [6.07, 6.45) is 1.18. The maximum absolute atomic E-state index is 12.0. The maximum atomic E-state index is 12.0. The topological polar surface area (TPSA) is 122 Å². The van der Waals surface area contributed by atoms with Crippen molar-refractivity contribution in [2.45, 2.75) is 53.6 Å². The molecule has 2 rings (SSSR count). The van der Waals surface area contributed by atoms with Crippen LogP contribution in [0.2, 0.25) is 0 Å². The molecule has 2 aromatic rings. The van der Waals surface area contributed by atoms with Gasteiger partial charge in [-0.05, 0) is 37.3 Å². The molecule has 0 radical (unpaired) electrons. The number of nitrogens with one attached hydrogen (secondary N) is 1. The summed E-state index contributed by atoms with van der Waals surface area (Å²) < 4.78 is 10.2. The number of pyridine rings is 1. The van der Waals surface area contributed by atoms with Gasteiger partial charge in [0.1, 0.15) is 11.6 Å². The molecule has 0 fully saturated rings. The Morgan fingerprint density at radius 1 is 1.38 bits per heavy atom. The van der Waals surface area contributed by atoms with Crippen LogP contribution in [0.25, 0.3) is 0 Å². The number of ether oxygens (including phenoxy) is 1. The molecule has 0 saturated heterocycles. The van der Waals surface area contributed by atoms with Crippen LogP contribution in [0.5, 0.6) is 0 Å². The second-order valence-electron chi connectivity index (χ2n) is 6.53. The fraction of sp³-hybridized carbons (Fsp3) is 0.500. The molecule has 0 unspecified atom stereocenters. The van der Waals surface area contributed by atoms with Gasteiger partial charge in [-0.2, -0.15) is 10.2 Å². The van der Waals surface area contributed by atoms with Crippen LogP contribution < -0.4 is 5.56 Å². The lowest BCUT2D eigenvalue weighted by Crippen LogP contribution is -2.17. The van der Waals surface area contributed by atoms with Gasteiger partial charge < -0.3 is 14.2 Å². The van der Waals surface area contributed by atoms with Crippen LogP contribution in [-0.2, 0) is 29.0 Å². The second-order valence-corrected chi connectivity index (χ2v) is 6.53. The first-order chi connectivity index (χ1) is 12.3. The number of aromatic amines is 1. The zero-order chi connectivity index (χ0) is 19.3. The van der Waals surface area contributed by atoms with Crippen molar-refractivity contribution >= 4 is 5.97 Å². The van der Waals surface area contributed by atoms with E-state index in [1.165, 1.54) is 0 Å². The number of nitrogens with zero attached hydrogens (tertiary/aromatic N) is 3. The first-order valence-electron chi connectivity index (χ1n) is 8.41. The number of rotatable bonds is 7. The van der Waals surface area contributed by atoms with Crippen molar-refractivity contribution in [2.24, 2.45) is 5.92 Å². The Morgan fingerprint density at radius 2 is 2.12 bits per heavy atom. The lowest BCUT2D eigenvalue weighted by atomic mass is 9.99. The molecule has 0 atom stereocenters. The van der Waals surface area contributed by atoms with Gasteiger partial charge in [-0.3, -0.25) is 9.59 Å². The fourth-order valence-corrected chi connectivity index (χ4v) is 2.66. The SMILES string of the molecule is Cc1[nH]c(=O)c(C#N)c(C)c1CCC(=O)OCc1nc(CC(C)C)no1. The van der Waals surface area contributed by atoms with Gasteiger partial charge in [-0.25, -0.2) is 0 Å². The van der Waals surface area contributed by atoms with Gasteiger partial charge in [0.05, 0.1) is 0 Å². The average molecular weight is 358 g/mol. The molecule has 138 valence electrons. The third-order valence-electron chi connectivity index (χ3n) is 3.96. The molecule has 0 bridgehead atoms. The Balaban J connectivity index is 1.93. The molecule has 26 heavy (non-hydrogen) atoms. The summed E-state index contributed by atoms with van der Waals surface area (Å²) in [7, 11) is 0. The monoisotopic (exact) mass is 358 g/mol. The highest BCUT2D eigenvalue weighted by atomic mass is 16.6. The van der Waals surface area contributed by atoms with Crippen LogP contribution in [0.15, 0.2) is 9.32 Å². The van der Waals surface area contributed by atoms with Gasteiger partial charge in [0.25, 0.3) is 11.4 Å². The smallest absolute Gasteiger partial charge is 0.306 e. The van der Waals surface area contributed by atoms with E-state index in [1.807, 2.05) is 6.07 Å². The van der Waals surface area contributed by atoms with E-state index in [4.69, 9.17) is 14.5 Å². The summed E-state index contributed by atoms with van der Waals surface area (Å²) in [6.45, 7) is 7.47. The molecule has 2 heterocycles. The Kier molecular flexibility index (Phi) is 6.28. The molecule has 0 aliphatic heterocycles. The molecule has 0 saturated carbocycles. The van der Waals surface area contributed by atoms with Crippen molar-refractivity contribution in [1.29, 1.82) is 5.26 Å². The molecule has 0 spiro atoms. The third-order valence-corrected chi connectivity index (χ3v) is 3.96. The zero-order valence-corrected chi connectivity index (χ0v) is 15.4. The summed E-state index contributed by atoms with van der Waals surface area (Å²) in [6, 6.07) is 1.89. The molecule has 0 aromatic carbocycles. The highest BCUT2D eigenvalue weighted by Crippen LogP contribution is 2.15. The van der Waals surface area contributed by atoms with Crippen LogP contribution in [0.3, 0.4) is 0 Å². The lowest BCUT2D eigenvalue weighted by molar-refractivity contribution is -0.145. The van der Waals surface area contributed by atoms with Crippen molar-refractivity contribution in [1.82, 2.24) is 15.1 Å². The normalized spacial score (nSPS) is 10.8. The molecule has 0 amide bonds. The number of aromatic nitrogens is 3. The van der Waals surface area contributed by atoms with E-state index >= 15 is 0 Å². The molecule has 8 nitrogen and oxygen atoms in total. The zero-order valence-electron chi connectivity index (χ0n) is 15.4. The summed E-state index contributed by atoms with van der Waals surface area (Å²) in [5.74, 6) is 0.842. The molecule has 0 aliphatic carbocycles. The maximum Gasteiger partial charge on any atom is 0.306 e. The number of aryl methyl sites for hydroxylation is 1. The van der Waals surface area contributed by atoms with E-state index in [2.05, 4.69) is 29.0 Å². The number of esters is 1. The van der Waals surface area contributed by atoms with Gasteiger partial charge >= 0.3 is 5.97 Å². The van der Waals surface area contributed by atoms with Crippen LogP contribution in [-0.4, -0.2) is 21.1 Å². The number of carbonyl (C=O) groups excluding carboxylic acids is 1. The largest absolute Gasteiger partial charge is 0.456 e. The van der Waals surface area contributed by atoms with Crippen LogP contribution >= 0.6 is 0 Å². The number of carbonyl (C=O) groups is 1. The minimum atomic E-state index is -0.419. The summed E-state index contributed by atoms with van der Waals surface area (Å²) in [5, 5.41) is 12.9. The average Bonchev–Trinajstić information content (AvgIpc) is 2.99. The minimum absolute atomic E-state index is 0.0718. The van der Waals surface area contributed by atoms with Crippen molar-refractivity contribution in [3.63, 3.8) is 0 Å². The predicted molar refractivity (Wildman–Crippen MR) is 92.2 cm³/mol. The summed E-state index contributed by atoms with van der Waals surface area (Å²) >= 11 is 0. The Hall–Kier alpha value is -2.95. The highest BCUT2D eigenvalue weighted by Gasteiger charge is 2.15. The molecular formula is C18H22N4O4. The standard InChI is InChI=1S/C18H22N4O4/c1-10(2)7-15-21-16(26-22-15)9-25-17(23)6-5-13-11(3)14(8-19)18(24)20-12(13)4/h10H,5-7,9H2,1-4H3,(H,20,24). The van der Waals surface area contributed by atoms with Crippen molar-refractivity contribution < 1.29 is 14.1 Å². The van der Waals surface area contributed by atoms with Crippen LogP contribution in [0.1, 0.15) is 54.4 Å². The first-order valence-corrected chi connectivity index (χ1v) is 8.41. The van der Waals surface area contributed by atoms with E-state index < -0.39 is 11.5 Å². The lowest BCUT2D eigenvalue weighted by Gasteiger charge is -2.10. The van der Waals surface area contributed by atoms with E-state index in [-0.39, 0.29) is 24.5 Å². The third kappa shape index (κ3) is 4.79. The number of hydrogen-bond acceptors (Lipinski definition) is 7. The fourth-order valence-electron chi connectivity index (χ4n) is 2.66. The number of hydrogen-bond donors (Lipinski definition) is 1. The Labute approximate surface area is 151 Å². The second kappa shape index (κ2) is 8.43. The van der Waals surface area contributed by atoms with E-state index in [9.17, 15) is 9.59 Å². The Bertz CT molecular complexity index is 890. The van der Waals surface area contributed by atoms with E-state index in [1.54, 1.807) is 13.8 Å². The molecule has 2 aromatic heterocycles. The number of H-pyrrole nitrogens is 1. The Morgan fingerprint density at radius 3 is 2.77 bits per heavy atom. The minimum Gasteiger partial charge on any atom is -0.456 e. The van der Waals surface area contributed by atoms with Crippen molar-refractivity contribution in [3.05, 3.63) is 44.5 Å². The van der Waals surface area contributed by atoms with Crippen LogP contribution in [0.4, 0.5) is 0 Å². The van der Waals surface area contributed by atoms with E-state index in [0.29, 0.717) is 35.8 Å². The molecule has 1 N–H and O–H groups in total.